The number of hydrogen-bond acceptors (Lipinski definition) is 4. The molecule has 1 aromatic heterocycles. The zero-order chi connectivity index (χ0) is 12.3. The molecule has 0 aromatic carbocycles. The second-order valence-electron chi connectivity index (χ2n) is 5.24. The summed E-state index contributed by atoms with van der Waals surface area (Å²) in [6, 6.07) is 0. The molecule has 4 heteroatoms. The van der Waals surface area contributed by atoms with Crippen molar-refractivity contribution >= 4 is 11.6 Å². The average Bonchev–Trinajstić information content (AvgIpc) is 2.28. The fourth-order valence-corrected chi connectivity index (χ4v) is 2.23. The molecule has 4 nitrogen and oxygen atoms in total. The Morgan fingerprint density at radius 2 is 1.88 bits per heavy atom. The third-order valence-electron chi connectivity index (χ3n) is 3.67. The SMILES string of the molecule is CCNc1ncnc(NCC2(C)CCC2)c1C. The number of anilines is 2. The predicted molar refractivity (Wildman–Crippen MR) is 71.4 cm³/mol. The van der Waals surface area contributed by atoms with Crippen molar-refractivity contribution in [3.8, 4) is 0 Å². The highest BCUT2D eigenvalue weighted by atomic mass is 15.1. The van der Waals surface area contributed by atoms with Crippen LogP contribution in [0.15, 0.2) is 6.33 Å². The topological polar surface area (TPSA) is 49.8 Å². The van der Waals surface area contributed by atoms with E-state index >= 15 is 0 Å². The standard InChI is InChI=1S/C13H22N4/c1-4-14-11-10(2)12(17-9-16-11)15-8-13(3)6-5-7-13/h9H,4-8H2,1-3H3,(H2,14,15,16,17). The molecule has 0 radical (unpaired) electrons. The molecule has 94 valence electrons. The summed E-state index contributed by atoms with van der Waals surface area (Å²) in [6.07, 6.45) is 5.63. The Labute approximate surface area is 103 Å². The molecule has 1 saturated carbocycles. The van der Waals surface area contributed by atoms with Crippen molar-refractivity contribution in [1.82, 2.24) is 9.97 Å². The molecular formula is C13H22N4. The van der Waals surface area contributed by atoms with Gasteiger partial charge in [0.1, 0.15) is 18.0 Å². The van der Waals surface area contributed by atoms with Crippen LogP contribution in [0.4, 0.5) is 11.6 Å². The summed E-state index contributed by atoms with van der Waals surface area (Å²) in [4.78, 5) is 8.57. The molecule has 2 rings (SSSR count). The van der Waals surface area contributed by atoms with E-state index in [1.807, 2.05) is 0 Å². The van der Waals surface area contributed by atoms with E-state index < -0.39 is 0 Å². The van der Waals surface area contributed by atoms with Gasteiger partial charge < -0.3 is 10.6 Å². The molecule has 0 unspecified atom stereocenters. The van der Waals surface area contributed by atoms with Crippen LogP contribution in [0.1, 0.15) is 38.7 Å². The Morgan fingerprint density at radius 3 is 2.41 bits per heavy atom. The minimum atomic E-state index is 0.468. The smallest absolute Gasteiger partial charge is 0.134 e. The molecule has 0 spiro atoms. The highest BCUT2D eigenvalue weighted by Gasteiger charge is 2.31. The Bertz CT molecular complexity index is 385. The summed E-state index contributed by atoms with van der Waals surface area (Å²) in [5, 5.41) is 6.71. The maximum absolute atomic E-state index is 4.32. The summed E-state index contributed by atoms with van der Waals surface area (Å²) in [7, 11) is 0. The maximum atomic E-state index is 4.32. The monoisotopic (exact) mass is 234 g/mol. The molecule has 1 heterocycles. The van der Waals surface area contributed by atoms with Crippen molar-refractivity contribution in [3.05, 3.63) is 11.9 Å². The first-order chi connectivity index (χ1) is 8.14. The van der Waals surface area contributed by atoms with E-state index in [1.54, 1.807) is 6.33 Å². The molecule has 1 aliphatic rings. The number of rotatable bonds is 5. The summed E-state index contributed by atoms with van der Waals surface area (Å²) in [5.41, 5.74) is 1.58. The second kappa shape index (κ2) is 4.90. The molecule has 0 bridgehead atoms. The van der Waals surface area contributed by atoms with Gasteiger partial charge in [-0.2, -0.15) is 0 Å². The lowest BCUT2D eigenvalue weighted by Crippen LogP contribution is -2.33. The first kappa shape index (κ1) is 12.1. The van der Waals surface area contributed by atoms with E-state index in [0.717, 1.165) is 30.3 Å². The minimum Gasteiger partial charge on any atom is -0.370 e. The lowest BCUT2D eigenvalue weighted by atomic mass is 9.70. The van der Waals surface area contributed by atoms with Crippen molar-refractivity contribution in [2.75, 3.05) is 23.7 Å². The molecular weight excluding hydrogens is 212 g/mol. The van der Waals surface area contributed by atoms with Crippen molar-refractivity contribution < 1.29 is 0 Å². The van der Waals surface area contributed by atoms with E-state index in [9.17, 15) is 0 Å². The van der Waals surface area contributed by atoms with Crippen LogP contribution in [-0.2, 0) is 0 Å². The highest BCUT2D eigenvalue weighted by Crippen LogP contribution is 2.40. The second-order valence-corrected chi connectivity index (χ2v) is 5.24. The van der Waals surface area contributed by atoms with E-state index in [-0.39, 0.29) is 0 Å². The Hall–Kier alpha value is -1.32. The van der Waals surface area contributed by atoms with Gasteiger partial charge in [-0.3, -0.25) is 0 Å². The lowest BCUT2D eigenvalue weighted by Gasteiger charge is -2.38. The fourth-order valence-electron chi connectivity index (χ4n) is 2.23. The van der Waals surface area contributed by atoms with Gasteiger partial charge in [-0.1, -0.05) is 13.3 Å². The van der Waals surface area contributed by atoms with Gasteiger partial charge in [-0.15, -0.1) is 0 Å². The minimum absolute atomic E-state index is 0.468. The Kier molecular flexibility index (Phi) is 3.50. The zero-order valence-corrected chi connectivity index (χ0v) is 11.0. The van der Waals surface area contributed by atoms with E-state index in [4.69, 9.17) is 0 Å². The van der Waals surface area contributed by atoms with Crippen molar-refractivity contribution in [2.45, 2.75) is 40.0 Å². The predicted octanol–water partition coefficient (Wildman–Crippen LogP) is 2.82. The van der Waals surface area contributed by atoms with E-state index in [0.29, 0.717) is 5.41 Å². The first-order valence-electron chi connectivity index (χ1n) is 6.44. The third-order valence-corrected chi connectivity index (χ3v) is 3.67. The molecule has 0 atom stereocenters. The van der Waals surface area contributed by atoms with Gasteiger partial charge in [0.25, 0.3) is 0 Å². The zero-order valence-electron chi connectivity index (χ0n) is 11.0. The van der Waals surface area contributed by atoms with Gasteiger partial charge in [0.15, 0.2) is 0 Å². The van der Waals surface area contributed by atoms with Gasteiger partial charge in [-0.05, 0) is 32.1 Å². The van der Waals surface area contributed by atoms with Gasteiger partial charge in [-0.25, -0.2) is 9.97 Å². The van der Waals surface area contributed by atoms with Crippen LogP contribution in [0.3, 0.4) is 0 Å². The average molecular weight is 234 g/mol. The maximum Gasteiger partial charge on any atom is 0.134 e. The van der Waals surface area contributed by atoms with Crippen LogP contribution < -0.4 is 10.6 Å². The fraction of sp³-hybridized carbons (Fsp3) is 0.692. The summed E-state index contributed by atoms with van der Waals surface area (Å²) in [5.74, 6) is 1.90. The largest absolute Gasteiger partial charge is 0.370 e. The molecule has 1 fully saturated rings. The van der Waals surface area contributed by atoms with Gasteiger partial charge >= 0.3 is 0 Å². The number of hydrogen-bond donors (Lipinski definition) is 2. The van der Waals surface area contributed by atoms with Gasteiger partial charge in [0.05, 0.1) is 0 Å². The molecule has 2 N–H and O–H groups in total. The molecule has 1 aromatic rings. The normalized spacial score (nSPS) is 17.4. The lowest BCUT2D eigenvalue weighted by molar-refractivity contribution is 0.180. The van der Waals surface area contributed by atoms with E-state index in [1.165, 1.54) is 19.3 Å². The van der Waals surface area contributed by atoms with Crippen LogP contribution in [0.25, 0.3) is 0 Å². The molecule has 17 heavy (non-hydrogen) atoms. The van der Waals surface area contributed by atoms with Gasteiger partial charge in [0.2, 0.25) is 0 Å². The molecule has 0 aliphatic heterocycles. The highest BCUT2D eigenvalue weighted by molar-refractivity contribution is 5.56. The van der Waals surface area contributed by atoms with Crippen LogP contribution in [0.5, 0.6) is 0 Å². The van der Waals surface area contributed by atoms with Crippen molar-refractivity contribution in [3.63, 3.8) is 0 Å². The van der Waals surface area contributed by atoms with Gasteiger partial charge in [0, 0.05) is 18.7 Å². The van der Waals surface area contributed by atoms with Crippen LogP contribution in [0.2, 0.25) is 0 Å². The van der Waals surface area contributed by atoms with Crippen LogP contribution in [0, 0.1) is 12.3 Å². The summed E-state index contributed by atoms with van der Waals surface area (Å²) < 4.78 is 0. The number of nitrogens with one attached hydrogen (secondary N) is 2. The number of aromatic nitrogens is 2. The third kappa shape index (κ3) is 2.68. The number of nitrogens with zero attached hydrogens (tertiary/aromatic N) is 2. The Balaban J connectivity index is 2.02. The van der Waals surface area contributed by atoms with Crippen LogP contribution in [-0.4, -0.2) is 23.1 Å². The first-order valence-corrected chi connectivity index (χ1v) is 6.44. The summed E-state index contributed by atoms with van der Waals surface area (Å²) >= 11 is 0. The van der Waals surface area contributed by atoms with Crippen molar-refractivity contribution in [2.24, 2.45) is 5.41 Å². The Morgan fingerprint density at radius 1 is 1.24 bits per heavy atom. The quantitative estimate of drug-likeness (QED) is 0.822. The van der Waals surface area contributed by atoms with Crippen molar-refractivity contribution in [1.29, 1.82) is 0 Å². The molecule has 0 amide bonds. The van der Waals surface area contributed by atoms with E-state index in [2.05, 4.69) is 41.4 Å². The molecule has 1 aliphatic carbocycles. The molecule has 0 saturated heterocycles. The summed E-state index contributed by atoms with van der Waals surface area (Å²) in [6.45, 7) is 8.37. The van der Waals surface area contributed by atoms with Crippen LogP contribution >= 0.6 is 0 Å².